The van der Waals surface area contributed by atoms with Crippen LogP contribution in [-0.4, -0.2) is 23.6 Å². The van der Waals surface area contributed by atoms with Gasteiger partial charge >= 0.3 is 0 Å². The molecule has 3 rings (SSSR count). The first kappa shape index (κ1) is 21.7. The minimum absolute atomic E-state index is 0.155. The maximum atomic E-state index is 5.93. The van der Waals surface area contributed by atoms with Crippen molar-refractivity contribution in [3.05, 3.63) is 71.5 Å². The molecule has 7 heteroatoms. The van der Waals surface area contributed by atoms with E-state index in [2.05, 4.69) is 57.7 Å². The molecule has 1 aliphatic rings. The maximum Gasteiger partial charge on any atom is 0.179 e. The number of aromatic amines is 1. The number of ether oxygens (including phenoxy) is 1. The number of benzene rings is 1. The third-order valence-corrected chi connectivity index (χ3v) is 5.18. The van der Waals surface area contributed by atoms with Crippen LogP contribution in [0.15, 0.2) is 75.9 Å². The number of unbranched alkanes of at least 4 members (excludes halogenated alkanes) is 1. The highest BCUT2D eigenvalue weighted by atomic mass is 35.5. The quantitative estimate of drug-likeness (QED) is 0.156. The summed E-state index contributed by atoms with van der Waals surface area (Å²) in [6.07, 6.45) is 6.79. The standard InChI is InChI=1S/C23H28ClN5O/c1-15-20(14-28-22(15)23(25)29-16(2)24)6-4-5-11-30-17(3)27-13-18-7-8-19-9-10-26-21(19)12-18/h7-10,12,14,20,26-27H,2-6,11,13H2,1H3,(H2,25,29). The van der Waals surface area contributed by atoms with Crippen LogP contribution in [0.5, 0.6) is 0 Å². The Labute approximate surface area is 182 Å². The summed E-state index contributed by atoms with van der Waals surface area (Å²) in [7, 11) is 0. The number of hydrogen-bond acceptors (Lipinski definition) is 4. The smallest absolute Gasteiger partial charge is 0.179 e. The predicted molar refractivity (Wildman–Crippen MR) is 125 cm³/mol. The van der Waals surface area contributed by atoms with Gasteiger partial charge in [-0.25, -0.2) is 4.99 Å². The van der Waals surface area contributed by atoms with Crippen molar-refractivity contribution in [3.8, 4) is 0 Å². The van der Waals surface area contributed by atoms with Gasteiger partial charge in [0.2, 0.25) is 0 Å². The number of amidine groups is 1. The first-order valence-corrected chi connectivity index (χ1v) is 10.4. The van der Waals surface area contributed by atoms with Gasteiger partial charge in [0.05, 0.1) is 6.61 Å². The number of halogens is 1. The average Bonchev–Trinajstić information content (AvgIpc) is 3.31. The first-order valence-electron chi connectivity index (χ1n) is 9.99. The summed E-state index contributed by atoms with van der Waals surface area (Å²) in [6, 6.07) is 8.39. The molecule has 4 N–H and O–H groups in total. The molecule has 0 aliphatic carbocycles. The van der Waals surface area contributed by atoms with Crippen molar-refractivity contribution in [2.45, 2.75) is 32.7 Å². The molecular weight excluding hydrogens is 398 g/mol. The Hall–Kier alpha value is -2.99. The molecule has 0 saturated heterocycles. The van der Waals surface area contributed by atoms with Crippen LogP contribution in [-0.2, 0) is 11.3 Å². The fourth-order valence-corrected chi connectivity index (χ4v) is 3.51. The largest absolute Gasteiger partial charge is 0.480 e. The number of allylic oxidation sites excluding steroid dienone is 1. The summed E-state index contributed by atoms with van der Waals surface area (Å²) in [6.45, 7) is 10.8. The molecule has 0 saturated carbocycles. The van der Waals surface area contributed by atoms with Crippen molar-refractivity contribution in [3.63, 3.8) is 0 Å². The van der Waals surface area contributed by atoms with Gasteiger partial charge in [0.15, 0.2) is 11.7 Å². The van der Waals surface area contributed by atoms with Gasteiger partial charge in [0.25, 0.3) is 0 Å². The van der Waals surface area contributed by atoms with E-state index in [1.165, 1.54) is 10.9 Å². The lowest BCUT2D eigenvalue weighted by Gasteiger charge is -2.13. The molecule has 158 valence electrons. The molecule has 0 amide bonds. The highest BCUT2D eigenvalue weighted by Crippen LogP contribution is 2.26. The highest BCUT2D eigenvalue weighted by molar-refractivity contribution is 6.30. The van der Waals surface area contributed by atoms with E-state index in [1.807, 2.05) is 19.3 Å². The van der Waals surface area contributed by atoms with Gasteiger partial charge in [0, 0.05) is 30.4 Å². The van der Waals surface area contributed by atoms with Crippen molar-refractivity contribution >= 4 is 34.6 Å². The summed E-state index contributed by atoms with van der Waals surface area (Å²) in [5, 5.41) is 4.59. The molecular formula is C23H28ClN5O. The molecule has 1 aromatic carbocycles. The Morgan fingerprint density at radius 2 is 2.17 bits per heavy atom. The van der Waals surface area contributed by atoms with Gasteiger partial charge in [-0.15, -0.1) is 0 Å². The van der Waals surface area contributed by atoms with Crippen molar-refractivity contribution in [1.82, 2.24) is 10.3 Å². The summed E-state index contributed by atoms with van der Waals surface area (Å²) >= 11 is 5.69. The van der Waals surface area contributed by atoms with Gasteiger partial charge in [-0.1, -0.05) is 30.3 Å². The van der Waals surface area contributed by atoms with Crippen molar-refractivity contribution < 1.29 is 4.74 Å². The zero-order valence-corrected chi connectivity index (χ0v) is 18.0. The van der Waals surface area contributed by atoms with E-state index >= 15 is 0 Å². The minimum atomic E-state index is 0.155. The maximum absolute atomic E-state index is 5.93. The van der Waals surface area contributed by atoms with E-state index in [4.69, 9.17) is 22.1 Å². The molecule has 30 heavy (non-hydrogen) atoms. The molecule has 2 heterocycles. The Morgan fingerprint density at radius 3 is 2.97 bits per heavy atom. The van der Waals surface area contributed by atoms with Crippen molar-refractivity contribution in [2.24, 2.45) is 21.6 Å². The van der Waals surface area contributed by atoms with Crippen LogP contribution in [0.2, 0.25) is 0 Å². The molecule has 1 unspecified atom stereocenters. The fraction of sp³-hybridized carbons (Fsp3) is 0.304. The van der Waals surface area contributed by atoms with Crippen LogP contribution >= 0.6 is 11.6 Å². The molecule has 1 aromatic heterocycles. The molecule has 0 spiro atoms. The third-order valence-electron chi connectivity index (χ3n) is 5.09. The monoisotopic (exact) mass is 425 g/mol. The number of H-pyrrole nitrogens is 1. The van der Waals surface area contributed by atoms with Gasteiger partial charge in [-0.2, -0.15) is 0 Å². The first-order chi connectivity index (χ1) is 14.4. The zero-order valence-electron chi connectivity index (χ0n) is 17.2. The number of hydrogen-bond donors (Lipinski definition) is 3. The normalized spacial score (nSPS) is 16.3. The van der Waals surface area contributed by atoms with Crippen LogP contribution in [0.1, 0.15) is 31.7 Å². The number of aliphatic imine (C=N–C) groups is 2. The van der Waals surface area contributed by atoms with E-state index in [9.17, 15) is 0 Å². The number of aromatic nitrogens is 1. The van der Waals surface area contributed by atoms with Crippen molar-refractivity contribution in [2.75, 3.05) is 6.61 Å². The Kier molecular flexibility index (Phi) is 7.36. The summed E-state index contributed by atoms with van der Waals surface area (Å²) in [5.74, 6) is 1.17. The fourth-order valence-electron chi connectivity index (χ4n) is 3.41. The number of rotatable bonds is 11. The topological polar surface area (TPSA) is 87.8 Å². The van der Waals surface area contributed by atoms with Gasteiger partial charge in [-0.3, -0.25) is 4.99 Å². The summed E-state index contributed by atoms with van der Waals surface area (Å²) in [5.41, 5.74) is 10.0. The third kappa shape index (κ3) is 5.76. The molecule has 1 atom stereocenters. The van der Waals surface area contributed by atoms with Crippen LogP contribution in [0.3, 0.4) is 0 Å². The minimum Gasteiger partial charge on any atom is -0.480 e. The van der Waals surface area contributed by atoms with Gasteiger partial charge in [0.1, 0.15) is 10.9 Å². The van der Waals surface area contributed by atoms with E-state index in [1.54, 1.807) is 0 Å². The molecule has 0 fully saturated rings. The van der Waals surface area contributed by atoms with Gasteiger partial charge < -0.3 is 20.8 Å². The lowest BCUT2D eigenvalue weighted by Crippen LogP contribution is -2.15. The van der Waals surface area contributed by atoms with E-state index in [0.717, 1.165) is 30.4 Å². The van der Waals surface area contributed by atoms with E-state index in [0.29, 0.717) is 30.6 Å². The number of nitrogens with zero attached hydrogens (tertiary/aromatic N) is 2. The van der Waals surface area contributed by atoms with Crippen LogP contribution in [0.25, 0.3) is 10.9 Å². The molecule has 6 nitrogen and oxygen atoms in total. The van der Waals surface area contributed by atoms with Crippen molar-refractivity contribution in [1.29, 1.82) is 0 Å². The number of nitrogens with one attached hydrogen (secondary N) is 2. The van der Waals surface area contributed by atoms with E-state index < -0.39 is 0 Å². The number of nitrogens with two attached hydrogens (primary N) is 1. The Bertz CT molecular complexity index is 1020. The Morgan fingerprint density at radius 1 is 1.33 bits per heavy atom. The average molecular weight is 426 g/mol. The lowest BCUT2D eigenvalue weighted by atomic mass is 9.96. The lowest BCUT2D eigenvalue weighted by molar-refractivity contribution is 0.185. The van der Waals surface area contributed by atoms with Gasteiger partial charge in [-0.05, 0) is 61.4 Å². The highest BCUT2D eigenvalue weighted by Gasteiger charge is 2.20. The summed E-state index contributed by atoms with van der Waals surface area (Å²) < 4.78 is 5.71. The number of fused-ring (bicyclic) bond motifs is 1. The Balaban J connectivity index is 1.34. The zero-order chi connectivity index (χ0) is 21.5. The second-order valence-corrected chi connectivity index (χ2v) is 7.75. The van der Waals surface area contributed by atoms with E-state index in [-0.39, 0.29) is 11.1 Å². The molecule has 2 aromatic rings. The molecule has 0 bridgehead atoms. The molecule has 1 aliphatic heterocycles. The van der Waals surface area contributed by atoms with Crippen LogP contribution in [0, 0.1) is 5.92 Å². The predicted octanol–water partition coefficient (Wildman–Crippen LogP) is 4.96. The van der Waals surface area contributed by atoms with Crippen LogP contribution in [0.4, 0.5) is 0 Å². The second kappa shape index (κ2) is 10.2. The SMILES string of the molecule is C=C(Cl)/N=C(/N)C1=C(C)C(CCCCOC(=C)NCc2ccc3cc[nH]c3c2)C=N1. The second-order valence-electron chi connectivity index (χ2n) is 7.31. The molecule has 0 radical (unpaired) electrons. The summed E-state index contributed by atoms with van der Waals surface area (Å²) in [4.78, 5) is 11.6. The van der Waals surface area contributed by atoms with Crippen LogP contribution < -0.4 is 11.1 Å².